The van der Waals surface area contributed by atoms with E-state index in [9.17, 15) is 14.4 Å². The zero-order chi connectivity index (χ0) is 20.4. The van der Waals surface area contributed by atoms with Gasteiger partial charge in [-0.05, 0) is 73.7 Å². The topological polar surface area (TPSA) is 75.7 Å². The van der Waals surface area contributed by atoms with Crippen LogP contribution in [-0.4, -0.2) is 41.4 Å². The summed E-state index contributed by atoms with van der Waals surface area (Å²) in [5.41, 5.74) is 3.31. The van der Waals surface area contributed by atoms with Crippen LogP contribution in [0.3, 0.4) is 0 Å². The summed E-state index contributed by atoms with van der Waals surface area (Å²) in [6.45, 7) is 2.08. The van der Waals surface area contributed by atoms with E-state index in [2.05, 4.69) is 5.32 Å². The Bertz CT molecular complexity index is 925. The van der Waals surface area contributed by atoms with Crippen LogP contribution in [-0.2, 0) is 27.2 Å². The molecule has 1 N–H and O–H groups in total. The maximum Gasteiger partial charge on any atom is 0.329 e. The summed E-state index contributed by atoms with van der Waals surface area (Å²) in [5.74, 6) is -1.05. The van der Waals surface area contributed by atoms with Gasteiger partial charge in [0.25, 0.3) is 11.8 Å². The highest BCUT2D eigenvalue weighted by molar-refractivity contribution is 7.12. The number of benzene rings is 1. The lowest BCUT2D eigenvalue weighted by atomic mass is 10.1. The fourth-order valence-corrected chi connectivity index (χ4v) is 4.68. The van der Waals surface area contributed by atoms with Gasteiger partial charge in [-0.1, -0.05) is 12.1 Å². The lowest BCUT2D eigenvalue weighted by molar-refractivity contribution is -0.156. The normalized spacial score (nSPS) is 18.9. The Morgan fingerprint density at radius 2 is 2.00 bits per heavy atom. The molecule has 7 heteroatoms. The number of nitrogens with zero attached hydrogens (tertiary/aromatic N) is 1. The maximum absolute atomic E-state index is 12.7. The number of rotatable bonds is 5. The SMILES string of the molecule is C[C@H](OC(=O)[C@H]1CCCN1C(=O)c1cccs1)C(=O)Nc1ccc2c(c1)CCC2. The molecule has 0 saturated carbocycles. The summed E-state index contributed by atoms with van der Waals surface area (Å²) in [7, 11) is 0. The van der Waals surface area contributed by atoms with E-state index in [1.54, 1.807) is 17.9 Å². The van der Waals surface area contributed by atoms with Crippen molar-refractivity contribution in [3.8, 4) is 0 Å². The average Bonchev–Trinajstić information content (AvgIpc) is 3.48. The maximum atomic E-state index is 12.7. The molecule has 1 saturated heterocycles. The highest BCUT2D eigenvalue weighted by Gasteiger charge is 2.37. The van der Waals surface area contributed by atoms with E-state index in [0.717, 1.165) is 25.7 Å². The van der Waals surface area contributed by atoms with Gasteiger partial charge in [0, 0.05) is 12.2 Å². The second-order valence-corrected chi connectivity index (χ2v) is 8.49. The summed E-state index contributed by atoms with van der Waals surface area (Å²) in [6.07, 6.45) is 3.61. The van der Waals surface area contributed by atoms with Gasteiger partial charge in [0.2, 0.25) is 0 Å². The number of ether oxygens (including phenoxy) is 1. The molecule has 1 aromatic carbocycles. The first-order valence-corrected chi connectivity index (χ1v) is 10.9. The molecule has 1 aromatic heterocycles. The van der Waals surface area contributed by atoms with Gasteiger partial charge in [0.05, 0.1) is 4.88 Å². The van der Waals surface area contributed by atoms with Crippen molar-refractivity contribution in [1.82, 2.24) is 4.90 Å². The molecule has 2 aliphatic rings. The highest BCUT2D eigenvalue weighted by Crippen LogP contribution is 2.26. The van der Waals surface area contributed by atoms with Gasteiger partial charge in [-0.15, -0.1) is 11.3 Å². The van der Waals surface area contributed by atoms with Gasteiger partial charge in [-0.3, -0.25) is 9.59 Å². The molecule has 2 heterocycles. The molecule has 2 aromatic rings. The number of anilines is 1. The third-order valence-electron chi connectivity index (χ3n) is 5.55. The number of carbonyl (C=O) groups excluding carboxylic acids is 3. The number of hydrogen-bond donors (Lipinski definition) is 1. The smallest absolute Gasteiger partial charge is 0.329 e. The molecule has 6 nitrogen and oxygen atoms in total. The van der Waals surface area contributed by atoms with Crippen LogP contribution in [0, 0.1) is 0 Å². The van der Waals surface area contributed by atoms with Crippen molar-refractivity contribution in [3.05, 3.63) is 51.7 Å². The van der Waals surface area contributed by atoms with E-state index in [-0.39, 0.29) is 11.8 Å². The van der Waals surface area contributed by atoms with Crippen LogP contribution in [0.2, 0.25) is 0 Å². The van der Waals surface area contributed by atoms with E-state index in [1.165, 1.54) is 22.5 Å². The van der Waals surface area contributed by atoms with E-state index in [1.807, 2.05) is 29.6 Å². The zero-order valence-corrected chi connectivity index (χ0v) is 17.2. The zero-order valence-electron chi connectivity index (χ0n) is 16.3. The molecular formula is C22H24N2O4S. The highest BCUT2D eigenvalue weighted by atomic mass is 32.1. The Kier molecular flexibility index (Phi) is 5.67. The third kappa shape index (κ3) is 4.19. The molecule has 1 fully saturated rings. The monoisotopic (exact) mass is 412 g/mol. The molecule has 29 heavy (non-hydrogen) atoms. The fraction of sp³-hybridized carbons (Fsp3) is 0.409. The van der Waals surface area contributed by atoms with Crippen LogP contribution < -0.4 is 5.32 Å². The van der Waals surface area contributed by atoms with Crippen LogP contribution in [0.4, 0.5) is 5.69 Å². The second kappa shape index (κ2) is 8.37. The van der Waals surface area contributed by atoms with E-state index in [0.29, 0.717) is 23.5 Å². The van der Waals surface area contributed by atoms with Gasteiger partial charge in [0.1, 0.15) is 6.04 Å². The van der Waals surface area contributed by atoms with Crippen molar-refractivity contribution in [3.63, 3.8) is 0 Å². The first kappa shape index (κ1) is 19.6. The minimum atomic E-state index is -0.935. The quantitative estimate of drug-likeness (QED) is 0.764. The number of likely N-dealkylation sites (tertiary alicyclic amines) is 1. The number of nitrogens with one attached hydrogen (secondary N) is 1. The lowest BCUT2D eigenvalue weighted by Crippen LogP contribution is -2.43. The molecular weight excluding hydrogens is 388 g/mol. The minimum absolute atomic E-state index is 0.158. The number of fused-ring (bicyclic) bond motifs is 1. The number of esters is 1. The number of thiophene rings is 1. The van der Waals surface area contributed by atoms with E-state index >= 15 is 0 Å². The summed E-state index contributed by atoms with van der Waals surface area (Å²) >= 11 is 1.35. The van der Waals surface area contributed by atoms with E-state index < -0.39 is 18.1 Å². The van der Waals surface area contributed by atoms with Crippen LogP contribution in [0.25, 0.3) is 0 Å². The van der Waals surface area contributed by atoms with Crippen LogP contribution in [0.5, 0.6) is 0 Å². The first-order valence-electron chi connectivity index (χ1n) is 10.0. The Morgan fingerprint density at radius 1 is 1.17 bits per heavy atom. The van der Waals surface area contributed by atoms with Crippen molar-refractivity contribution in [2.75, 3.05) is 11.9 Å². The Morgan fingerprint density at radius 3 is 2.79 bits per heavy atom. The summed E-state index contributed by atoms with van der Waals surface area (Å²) in [6, 6.07) is 8.84. The van der Waals surface area contributed by atoms with Crippen molar-refractivity contribution in [1.29, 1.82) is 0 Å². The van der Waals surface area contributed by atoms with Gasteiger partial charge in [0.15, 0.2) is 6.10 Å². The molecule has 152 valence electrons. The van der Waals surface area contributed by atoms with Gasteiger partial charge >= 0.3 is 5.97 Å². The number of aryl methyl sites for hydroxylation is 2. The third-order valence-corrected chi connectivity index (χ3v) is 6.40. The average molecular weight is 413 g/mol. The van der Waals surface area contributed by atoms with Crippen LogP contribution >= 0.6 is 11.3 Å². The van der Waals surface area contributed by atoms with Gasteiger partial charge in [-0.2, -0.15) is 0 Å². The van der Waals surface area contributed by atoms with Gasteiger partial charge in [-0.25, -0.2) is 4.79 Å². The second-order valence-electron chi connectivity index (χ2n) is 7.54. The largest absolute Gasteiger partial charge is 0.451 e. The predicted octanol–water partition coefficient (Wildman–Crippen LogP) is 3.41. The molecule has 0 unspecified atom stereocenters. The standard InChI is InChI=1S/C22H24N2O4S/c1-14(20(25)23-17-10-9-15-5-2-6-16(15)13-17)28-22(27)18-7-3-11-24(18)21(26)19-8-4-12-29-19/h4,8-10,12-14,18H,2-3,5-7,11H2,1H3,(H,23,25)/t14-,18+/m0/s1. The molecule has 0 bridgehead atoms. The molecule has 0 radical (unpaired) electrons. The summed E-state index contributed by atoms with van der Waals surface area (Å²) in [5, 5.41) is 4.66. The number of carbonyl (C=O) groups is 3. The van der Waals surface area contributed by atoms with Gasteiger partial charge < -0.3 is 15.0 Å². The molecule has 4 rings (SSSR count). The van der Waals surface area contributed by atoms with Crippen molar-refractivity contribution in [2.24, 2.45) is 0 Å². The Balaban J connectivity index is 1.36. The Labute approximate surface area is 173 Å². The molecule has 1 aliphatic heterocycles. The van der Waals surface area contributed by atoms with Crippen molar-refractivity contribution < 1.29 is 19.1 Å². The number of hydrogen-bond acceptors (Lipinski definition) is 5. The van der Waals surface area contributed by atoms with Crippen LogP contribution in [0.15, 0.2) is 35.7 Å². The predicted molar refractivity (Wildman–Crippen MR) is 111 cm³/mol. The van der Waals surface area contributed by atoms with E-state index in [4.69, 9.17) is 4.74 Å². The first-order chi connectivity index (χ1) is 14.0. The van der Waals surface area contributed by atoms with Crippen molar-refractivity contribution >= 4 is 34.8 Å². The summed E-state index contributed by atoms with van der Waals surface area (Å²) < 4.78 is 5.42. The summed E-state index contributed by atoms with van der Waals surface area (Å²) in [4.78, 5) is 39.9. The molecule has 2 amide bonds. The molecule has 2 atom stereocenters. The minimum Gasteiger partial charge on any atom is -0.451 e. The number of amides is 2. The van der Waals surface area contributed by atoms with Crippen LogP contribution in [0.1, 0.15) is 47.0 Å². The molecule has 0 spiro atoms. The Hall–Kier alpha value is -2.67. The fourth-order valence-electron chi connectivity index (χ4n) is 4.00. The lowest BCUT2D eigenvalue weighted by Gasteiger charge is -2.24. The molecule has 1 aliphatic carbocycles. The van der Waals surface area contributed by atoms with Crippen molar-refractivity contribution in [2.45, 2.75) is 51.2 Å².